The van der Waals surface area contributed by atoms with Crippen molar-refractivity contribution in [2.75, 3.05) is 0 Å². The normalized spacial score (nSPS) is 13.2. The summed E-state index contributed by atoms with van der Waals surface area (Å²) in [4.78, 5) is 15.0. The summed E-state index contributed by atoms with van der Waals surface area (Å²) in [6, 6.07) is 51.5. The molecule has 0 bridgehead atoms. The predicted octanol–water partition coefficient (Wildman–Crippen LogP) is 10.3. The summed E-state index contributed by atoms with van der Waals surface area (Å²) in [5.41, 5.74) is 14.0. The average Bonchev–Trinajstić information content (AvgIpc) is 3.60. The number of benzene rings is 6. The van der Waals surface area contributed by atoms with Crippen LogP contribution in [-0.2, 0) is 5.41 Å². The van der Waals surface area contributed by atoms with Crippen LogP contribution in [0.25, 0.3) is 73.0 Å². The first-order valence-corrected chi connectivity index (χ1v) is 15.7. The molecule has 9 rings (SSSR count). The van der Waals surface area contributed by atoms with Gasteiger partial charge in [-0.2, -0.15) is 4.98 Å². The number of fused-ring (bicyclic) bond motifs is 6. The van der Waals surface area contributed by atoms with Gasteiger partial charge in [-0.1, -0.05) is 129 Å². The second-order valence-corrected chi connectivity index (χ2v) is 12.6. The van der Waals surface area contributed by atoms with Crippen LogP contribution in [0.4, 0.5) is 0 Å². The molecule has 4 heteroatoms. The Morgan fingerprint density at radius 1 is 0.457 bits per heavy atom. The summed E-state index contributed by atoms with van der Waals surface area (Å²) in [7, 11) is 0. The van der Waals surface area contributed by atoms with E-state index >= 15 is 0 Å². The molecule has 1 aliphatic rings. The number of nitrogens with zero attached hydrogens (tertiary/aromatic N) is 4. The molecule has 4 nitrogen and oxygen atoms in total. The second kappa shape index (κ2) is 10.1. The first-order valence-electron chi connectivity index (χ1n) is 15.7. The molecule has 46 heavy (non-hydrogen) atoms. The molecule has 0 saturated heterocycles. The minimum atomic E-state index is -0.0335. The zero-order valence-electron chi connectivity index (χ0n) is 25.6. The van der Waals surface area contributed by atoms with Crippen molar-refractivity contribution in [1.29, 1.82) is 0 Å². The smallest absolute Gasteiger partial charge is 0.238 e. The summed E-state index contributed by atoms with van der Waals surface area (Å²) < 4.78 is 2.05. The highest BCUT2D eigenvalue weighted by Crippen LogP contribution is 2.49. The van der Waals surface area contributed by atoms with Crippen LogP contribution in [0.5, 0.6) is 0 Å². The zero-order valence-corrected chi connectivity index (χ0v) is 25.6. The van der Waals surface area contributed by atoms with Crippen molar-refractivity contribution >= 4 is 16.8 Å². The Labute approximate surface area is 267 Å². The van der Waals surface area contributed by atoms with Gasteiger partial charge in [0, 0.05) is 16.5 Å². The van der Waals surface area contributed by atoms with Crippen LogP contribution in [0.2, 0.25) is 0 Å². The van der Waals surface area contributed by atoms with Gasteiger partial charge in [-0.15, -0.1) is 0 Å². The first-order chi connectivity index (χ1) is 22.5. The lowest BCUT2D eigenvalue weighted by Crippen LogP contribution is -2.14. The van der Waals surface area contributed by atoms with Crippen molar-refractivity contribution in [2.45, 2.75) is 19.3 Å². The summed E-state index contributed by atoms with van der Waals surface area (Å²) >= 11 is 0. The van der Waals surface area contributed by atoms with Crippen LogP contribution in [0, 0.1) is 0 Å². The van der Waals surface area contributed by atoms with Gasteiger partial charge in [0.2, 0.25) is 5.78 Å². The number of aromatic nitrogens is 4. The molecule has 0 aliphatic heterocycles. The van der Waals surface area contributed by atoms with Crippen LogP contribution < -0.4 is 0 Å². The molecule has 8 aromatic rings. The Bertz CT molecular complexity index is 2450. The standard InChI is InChI=1S/C42H30N4/c1-42(2)35-19-7-6-18-33(35)34-23-22-31(26-36(34)42)29-15-10-14-28(24-29)30-16-11-17-32(25-30)39-44-40(27-12-4-3-5-13-27)46-38-21-9-8-20-37(38)43-41(46)45-39/h3-26H,1-2H3. The van der Waals surface area contributed by atoms with Crippen molar-refractivity contribution in [3.05, 3.63) is 157 Å². The molecule has 0 unspecified atom stereocenters. The van der Waals surface area contributed by atoms with Gasteiger partial charge in [0.1, 0.15) is 5.82 Å². The van der Waals surface area contributed by atoms with Gasteiger partial charge in [-0.3, -0.25) is 4.40 Å². The van der Waals surface area contributed by atoms with Gasteiger partial charge in [-0.25, -0.2) is 9.97 Å². The Morgan fingerprint density at radius 3 is 1.87 bits per heavy atom. The molecule has 0 spiro atoms. The number of imidazole rings is 1. The molecule has 1 aliphatic carbocycles. The molecule has 2 heterocycles. The van der Waals surface area contributed by atoms with Crippen LogP contribution in [-0.4, -0.2) is 19.4 Å². The molecular formula is C42H30N4. The van der Waals surface area contributed by atoms with Crippen molar-refractivity contribution < 1.29 is 0 Å². The summed E-state index contributed by atoms with van der Waals surface area (Å²) in [5.74, 6) is 2.11. The molecule has 218 valence electrons. The quantitative estimate of drug-likeness (QED) is 0.205. The highest BCUT2D eigenvalue weighted by atomic mass is 15.2. The maximum absolute atomic E-state index is 5.14. The fraction of sp³-hybridized carbons (Fsp3) is 0.0714. The zero-order chi connectivity index (χ0) is 30.8. The number of para-hydroxylation sites is 2. The molecule has 0 amide bonds. The SMILES string of the molecule is CC1(C)c2ccccc2-c2ccc(-c3cccc(-c4cccc(-c5nc(-c6ccccc6)n6c(n5)nc5ccccc56)c4)c3)cc21. The van der Waals surface area contributed by atoms with Crippen molar-refractivity contribution in [2.24, 2.45) is 0 Å². The lowest BCUT2D eigenvalue weighted by atomic mass is 9.81. The minimum absolute atomic E-state index is 0.0335. The van der Waals surface area contributed by atoms with E-state index in [1.807, 2.05) is 36.4 Å². The molecule has 6 aromatic carbocycles. The van der Waals surface area contributed by atoms with Crippen molar-refractivity contribution in [1.82, 2.24) is 19.4 Å². The molecule has 2 aromatic heterocycles. The van der Waals surface area contributed by atoms with Gasteiger partial charge in [0.25, 0.3) is 0 Å². The Balaban J connectivity index is 1.13. The van der Waals surface area contributed by atoms with Gasteiger partial charge >= 0.3 is 0 Å². The third-order valence-corrected chi connectivity index (χ3v) is 9.44. The second-order valence-electron chi connectivity index (χ2n) is 12.6. The van der Waals surface area contributed by atoms with E-state index < -0.39 is 0 Å². The van der Waals surface area contributed by atoms with Crippen LogP contribution in [0.1, 0.15) is 25.0 Å². The minimum Gasteiger partial charge on any atom is -0.260 e. The summed E-state index contributed by atoms with van der Waals surface area (Å²) in [6.45, 7) is 4.66. The number of hydrogen-bond donors (Lipinski definition) is 0. The monoisotopic (exact) mass is 590 g/mol. The molecule has 0 saturated carbocycles. The van der Waals surface area contributed by atoms with E-state index in [0.717, 1.165) is 39.1 Å². The van der Waals surface area contributed by atoms with E-state index in [-0.39, 0.29) is 5.41 Å². The molecule has 0 N–H and O–H groups in total. The van der Waals surface area contributed by atoms with E-state index in [4.69, 9.17) is 15.0 Å². The third kappa shape index (κ3) is 4.11. The highest BCUT2D eigenvalue weighted by Gasteiger charge is 2.35. The van der Waals surface area contributed by atoms with E-state index in [0.29, 0.717) is 11.6 Å². The average molecular weight is 591 g/mol. The molecule has 0 fully saturated rings. The van der Waals surface area contributed by atoms with Crippen molar-refractivity contribution in [3.8, 4) is 56.2 Å². The Kier molecular flexibility index (Phi) is 5.81. The van der Waals surface area contributed by atoms with E-state index in [1.165, 1.54) is 33.4 Å². The summed E-state index contributed by atoms with van der Waals surface area (Å²) in [6.07, 6.45) is 0. The maximum Gasteiger partial charge on any atom is 0.238 e. The lowest BCUT2D eigenvalue weighted by Gasteiger charge is -2.22. The van der Waals surface area contributed by atoms with Gasteiger partial charge in [0.15, 0.2) is 5.82 Å². The highest BCUT2D eigenvalue weighted by molar-refractivity contribution is 5.85. The van der Waals surface area contributed by atoms with E-state index in [2.05, 4.69) is 127 Å². The molecule has 0 atom stereocenters. The van der Waals surface area contributed by atoms with Gasteiger partial charge in [0.05, 0.1) is 11.0 Å². The molecular weight excluding hydrogens is 560 g/mol. The van der Waals surface area contributed by atoms with E-state index in [1.54, 1.807) is 0 Å². The Hall–Kier alpha value is -5.87. The molecule has 0 radical (unpaired) electrons. The first kappa shape index (κ1) is 26.5. The number of rotatable bonds is 4. The Morgan fingerprint density at radius 2 is 1.07 bits per heavy atom. The lowest BCUT2D eigenvalue weighted by molar-refractivity contribution is 0.660. The van der Waals surface area contributed by atoms with E-state index in [9.17, 15) is 0 Å². The number of hydrogen-bond acceptors (Lipinski definition) is 3. The predicted molar refractivity (Wildman–Crippen MR) is 188 cm³/mol. The summed E-state index contributed by atoms with van der Waals surface area (Å²) in [5, 5.41) is 0. The third-order valence-electron chi connectivity index (χ3n) is 9.44. The maximum atomic E-state index is 5.14. The van der Waals surface area contributed by atoms with Gasteiger partial charge in [-0.05, 0) is 74.8 Å². The van der Waals surface area contributed by atoms with Crippen LogP contribution in [0.15, 0.2) is 146 Å². The van der Waals surface area contributed by atoms with Crippen LogP contribution in [0.3, 0.4) is 0 Å². The fourth-order valence-corrected chi connectivity index (χ4v) is 7.08. The van der Waals surface area contributed by atoms with Crippen LogP contribution >= 0.6 is 0 Å². The topological polar surface area (TPSA) is 43.1 Å². The fourth-order valence-electron chi connectivity index (χ4n) is 7.08. The van der Waals surface area contributed by atoms with Gasteiger partial charge < -0.3 is 0 Å². The van der Waals surface area contributed by atoms with Crippen molar-refractivity contribution in [3.63, 3.8) is 0 Å². The largest absolute Gasteiger partial charge is 0.260 e.